The Balaban J connectivity index is 2.72. The number of hydrogen-bond acceptors (Lipinski definition) is 3. The minimum Gasteiger partial charge on any atom is -0.478 e. The second kappa shape index (κ2) is 7.69. The van der Waals surface area contributed by atoms with E-state index in [4.69, 9.17) is 5.11 Å². The van der Waals surface area contributed by atoms with Gasteiger partial charge < -0.3 is 10.4 Å². The molecule has 0 radical (unpaired) electrons. The molecule has 4 nitrogen and oxygen atoms in total. The van der Waals surface area contributed by atoms with Crippen LogP contribution in [0.1, 0.15) is 55.6 Å². The predicted molar refractivity (Wildman–Crippen MR) is 73.2 cm³/mol. The van der Waals surface area contributed by atoms with E-state index in [2.05, 4.69) is 24.1 Å². The van der Waals surface area contributed by atoms with E-state index in [-0.39, 0.29) is 0 Å². The molecule has 0 spiro atoms. The van der Waals surface area contributed by atoms with Gasteiger partial charge in [-0.1, -0.05) is 33.1 Å². The number of carboxylic acid groups (broad SMARTS) is 1. The SMILES string of the molecule is CCCCCNc1cc(C(=O)O)cc(CCC)n1. The molecule has 0 amide bonds. The average Bonchev–Trinajstić information content (AvgIpc) is 2.35. The Morgan fingerprint density at radius 2 is 2.06 bits per heavy atom. The molecule has 1 aromatic rings. The molecule has 2 N–H and O–H groups in total. The second-order valence-corrected chi connectivity index (χ2v) is 4.42. The molecule has 0 aliphatic rings. The lowest BCUT2D eigenvalue weighted by molar-refractivity contribution is 0.0696. The molecule has 0 aliphatic carbocycles. The number of anilines is 1. The van der Waals surface area contributed by atoms with Gasteiger partial charge in [-0.3, -0.25) is 0 Å². The van der Waals surface area contributed by atoms with Gasteiger partial charge in [-0.15, -0.1) is 0 Å². The van der Waals surface area contributed by atoms with E-state index in [1.807, 2.05) is 0 Å². The van der Waals surface area contributed by atoms with Gasteiger partial charge in [0.05, 0.1) is 5.56 Å². The Hall–Kier alpha value is -1.58. The minimum absolute atomic E-state index is 0.312. The zero-order chi connectivity index (χ0) is 13.4. The maximum Gasteiger partial charge on any atom is 0.335 e. The van der Waals surface area contributed by atoms with Gasteiger partial charge in [-0.2, -0.15) is 0 Å². The minimum atomic E-state index is -0.897. The summed E-state index contributed by atoms with van der Waals surface area (Å²) in [4.78, 5) is 15.5. The summed E-state index contributed by atoms with van der Waals surface area (Å²) in [5.74, 6) is -0.221. The molecular formula is C14H22N2O2. The highest BCUT2D eigenvalue weighted by molar-refractivity contribution is 5.88. The van der Waals surface area contributed by atoms with Crippen molar-refractivity contribution < 1.29 is 9.90 Å². The Bertz CT molecular complexity index is 391. The molecule has 0 atom stereocenters. The monoisotopic (exact) mass is 250 g/mol. The summed E-state index contributed by atoms with van der Waals surface area (Å²) in [6.07, 6.45) is 5.20. The standard InChI is InChI=1S/C14H22N2O2/c1-3-5-6-8-15-13-10-11(14(17)18)9-12(16-13)7-4-2/h9-10H,3-8H2,1-2H3,(H,15,16)(H,17,18). The second-order valence-electron chi connectivity index (χ2n) is 4.42. The third kappa shape index (κ3) is 4.73. The lowest BCUT2D eigenvalue weighted by atomic mass is 10.1. The highest BCUT2D eigenvalue weighted by Crippen LogP contribution is 2.12. The normalized spacial score (nSPS) is 10.3. The number of nitrogens with one attached hydrogen (secondary N) is 1. The van der Waals surface area contributed by atoms with E-state index in [0.29, 0.717) is 11.4 Å². The van der Waals surface area contributed by atoms with Gasteiger partial charge in [0.15, 0.2) is 0 Å². The topological polar surface area (TPSA) is 62.2 Å². The highest BCUT2D eigenvalue weighted by atomic mass is 16.4. The molecule has 1 heterocycles. The van der Waals surface area contributed by atoms with E-state index in [0.717, 1.165) is 31.5 Å². The van der Waals surface area contributed by atoms with E-state index in [9.17, 15) is 4.79 Å². The van der Waals surface area contributed by atoms with Crippen molar-refractivity contribution in [2.45, 2.75) is 46.0 Å². The number of unbranched alkanes of at least 4 members (excludes halogenated alkanes) is 2. The first-order valence-corrected chi connectivity index (χ1v) is 6.65. The van der Waals surface area contributed by atoms with Gasteiger partial charge in [-0.05, 0) is 25.0 Å². The molecule has 0 unspecified atom stereocenters. The average molecular weight is 250 g/mol. The molecule has 0 saturated carbocycles. The van der Waals surface area contributed by atoms with Crippen molar-refractivity contribution in [3.05, 3.63) is 23.4 Å². The first-order chi connectivity index (χ1) is 8.67. The predicted octanol–water partition coefficient (Wildman–Crippen LogP) is 3.33. The Kier molecular flexibility index (Phi) is 6.19. The van der Waals surface area contributed by atoms with Crippen molar-refractivity contribution in [3.8, 4) is 0 Å². The summed E-state index contributed by atoms with van der Waals surface area (Å²) in [7, 11) is 0. The number of hydrogen-bond donors (Lipinski definition) is 2. The van der Waals surface area contributed by atoms with Crippen LogP contribution in [0.15, 0.2) is 12.1 Å². The summed E-state index contributed by atoms with van der Waals surface area (Å²) in [6.45, 7) is 5.06. The molecule has 4 heteroatoms. The molecule has 1 aromatic heterocycles. The van der Waals surface area contributed by atoms with Crippen molar-refractivity contribution in [3.63, 3.8) is 0 Å². The molecule has 0 aromatic carbocycles. The number of aromatic carboxylic acids is 1. The van der Waals surface area contributed by atoms with Gasteiger partial charge in [0.1, 0.15) is 5.82 Å². The zero-order valence-corrected chi connectivity index (χ0v) is 11.2. The molecule has 0 fully saturated rings. The molecular weight excluding hydrogens is 228 g/mol. The zero-order valence-electron chi connectivity index (χ0n) is 11.2. The van der Waals surface area contributed by atoms with Crippen molar-refractivity contribution >= 4 is 11.8 Å². The maximum absolute atomic E-state index is 11.0. The third-order valence-electron chi connectivity index (χ3n) is 2.72. The van der Waals surface area contributed by atoms with E-state index >= 15 is 0 Å². The van der Waals surface area contributed by atoms with E-state index in [1.165, 1.54) is 12.8 Å². The van der Waals surface area contributed by atoms with Crippen molar-refractivity contribution in [1.82, 2.24) is 4.98 Å². The molecule has 1 rings (SSSR count). The number of aromatic nitrogens is 1. The maximum atomic E-state index is 11.0. The largest absolute Gasteiger partial charge is 0.478 e. The molecule has 0 saturated heterocycles. The Morgan fingerprint density at radius 1 is 1.28 bits per heavy atom. The fourth-order valence-electron chi connectivity index (χ4n) is 1.78. The lowest BCUT2D eigenvalue weighted by Crippen LogP contribution is -2.07. The van der Waals surface area contributed by atoms with Gasteiger partial charge in [-0.25, -0.2) is 9.78 Å². The first-order valence-electron chi connectivity index (χ1n) is 6.65. The van der Waals surface area contributed by atoms with Crippen molar-refractivity contribution in [2.75, 3.05) is 11.9 Å². The van der Waals surface area contributed by atoms with Gasteiger partial charge in [0, 0.05) is 12.2 Å². The van der Waals surface area contributed by atoms with Crippen LogP contribution < -0.4 is 5.32 Å². The summed E-state index contributed by atoms with van der Waals surface area (Å²) in [5, 5.41) is 12.3. The number of aryl methyl sites for hydroxylation is 1. The number of carbonyl (C=O) groups is 1. The van der Waals surface area contributed by atoms with Gasteiger partial charge in [0.2, 0.25) is 0 Å². The third-order valence-corrected chi connectivity index (χ3v) is 2.72. The van der Waals surface area contributed by atoms with Crippen molar-refractivity contribution in [2.24, 2.45) is 0 Å². The first kappa shape index (κ1) is 14.5. The molecule has 0 bridgehead atoms. The van der Waals surface area contributed by atoms with Crippen LogP contribution in [0.3, 0.4) is 0 Å². The molecule has 100 valence electrons. The summed E-state index contributed by atoms with van der Waals surface area (Å²) >= 11 is 0. The fourth-order valence-corrected chi connectivity index (χ4v) is 1.78. The quantitative estimate of drug-likeness (QED) is 0.695. The van der Waals surface area contributed by atoms with Gasteiger partial charge in [0.25, 0.3) is 0 Å². The van der Waals surface area contributed by atoms with Crippen LogP contribution in [0.25, 0.3) is 0 Å². The fraction of sp³-hybridized carbons (Fsp3) is 0.571. The van der Waals surface area contributed by atoms with Crippen LogP contribution >= 0.6 is 0 Å². The van der Waals surface area contributed by atoms with E-state index < -0.39 is 5.97 Å². The van der Waals surface area contributed by atoms with Gasteiger partial charge >= 0.3 is 5.97 Å². The Labute approximate surface area is 108 Å². The smallest absolute Gasteiger partial charge is 0.335 e. The van der Waals surface area contributed by atoms with Crippen LogP contribution in [-0.2, 0) is 6.42 Å². The molecule has 0 aliphatic heterocycles. The lowest BCUT2D eigenvalue weighted by Gasteiger charge is -2.08. The summed E-state index contributed by atoms with van der Waals surface area (Å²) in [5.41, 5.74) is 1.15. The summed E-state index contributed by atoms with van der Waals surface area (Å²) < 4.78 is 0. The van der Waals surface area contributed by atoms with Crippen molar-refractivity contribution in [1.29, 1.82) is 0 Å². The summed E-state index contributed by atoms with van der Waals surface area (Å²) in [6, 6.07) is 3.26. The van der Waals surface area contributed by atoms with Crippen LogP contribution in [0.4, 0.5) is 5.82 Å². The van der Waals surface area contributed by atoms with Crippen LogP contribution in [0.2, 0.25) is 0 Å². The van der Waals surface area contributed by atoms with E-state index in [1.54, 1.807) is 12.1 Å². The van der Waals surface area contributed by atoms with Crippen LogP contribution in [0.5, 0.6) is 0 Å². The number of pyridine rings is 1. The number of nitrogens with zero attached hydrogens (tertiary/aromatic N) is 1. The number of rotatable bonds is 8. The van der Waals surface area contributed by atoms with Crippen LogP contribution in [0, 0.1) is 0 Å². The Morgan fingerprint density at radius 3 is 2.67 bits per heavy atom. The number of carboxylic acids is 1. The highest BCUT2D eigenvalue weighted by Gasteiger charge is 2.07. The molecule has 18 heavy (non-hydrogen) atoms. The van der Waals surface area contributed by atoms with Crippen LogP contribution in [-0.4, -0.2) is 22.6 Å².